The van der Waals surface area contributed by atoms with Gasteiger partial charge in [0.1, 0.15) is 0 Å². The summed E-state index contributed by atoms with van der Waals surface area (Å²) in [6.45, 7) is 7.15. The Hall–Kier alpha value is -2.41. The molecule has 1 saturated carbocycles. The minimum Gasteiger partial charge on any atom is -0.338 e. The molecule has 4 rings (SSSR count). The topological polar surface area (TPSA) is 74.5 Å². The third-order valence-corrected chi connectivity index (χ3v) is 5.63. The molecule has 1 unspecified atom stereocenters. The van der Waals surface area contributed by atoms with Gasteiger partial charge in [-0.2, -0.15) is 4.98 Å². The molecule has 2 aromatic rings. The number of aromatic nitrogens is 2. The lowest BCUT2D eigenvalue weighted by Gasteiger charge is -2.36. The minimum absolute atomic E-state index is 0.0526. The SMILES string of the molecule is CCc1noc(C(C)N2CCN(C(=O)N[C@@H]3C[C@H]3c3ccccc3)CC2)n1. The number of aryl methyl sites for hydroxylation is 1. The molecule has 2 heterocycles. The highest BCUT2D eigenvalue weighted by molar-refractivity contribution is 5.75. The number of carbonyl (C=O) groups is 1. The third-order valence-electron chi connectivity index (χ3n) is 5.63. The fourth-order valence-corrected chi connectivity index (χ4v) is 3.72. The zero-order valence-electron chi connectivity index (χ0n) is 16.0. The van der Waals surface area contributed by atoms with Crippen molar-refractivity contribution in [2.75, 3.05) is 26.2 Å². The van der Waals surface area contributed by atoms with Crippen molar-refractivity contribution in [2.24, 2.45) is 0 Å². The van der Waals surface area contributed by atoms with Gasteiger partial charge in [0.2, 0.25) is 5.89 Å². The number of benzene rings is 1. The summed E-state index contributed by atoms with van der Waals surface area (Å²) in [7, 11) is 0. The Kier molecular flexibility index (Phi) is 5.11. The van der Waals surface area contributed by atoms with Crippen LogP contribution in [0.25, 0.3) is 0 Å². The van der Waals surface area contributed by atoms with Crippen molar-refractivity contribution < 1.29 is 9.32 Å². The van der Waals surface area contributed by atoms with E-state index in [0.29, 0.717) is 24.9 Å². The van der Waals surface area contributed by atoms with Crippen LogP contribution in [-0.2, 0) is 6.42 Å². The van der Waals surface area contributed by atoms with Crippen LogP contribution in [0.15, 0.2) is 34.9 Å². The molecule has 1 aromatic heterocycles. The van der Waals surface area contributed by atoms with Crippen LogP contribution in [0, 0.1) is 0 Å². The first-order valence-corrected chi connectivity index (χ1v) is 9.82. The fourth-order valence-electron chi connectivity index (χ4n) is 3.72. The van der Waals surface area contributed by atoms with Gasteiger partial charge in [0.05, 0.1) is 6.04 Å². The van der Waals surface area contributed by atoms with E-state index in [4.69, 9.17) is 4.52 Å². The van der Waals surface area contributed by atoms with Gasteiger partial charge in [-0.15, -0.1) is 0 Å². The lowest BCUT2D eigenvalue weighted by Crippen LogP contribution is -2.52. The van der Waals surface area contributed by atoms with Gasteiger partial charge in [-0.3, -0.25) is 4.90 Å². The molecule has 1 aromatic carbocycles. The van der Waals surface area contributed by atoms with Crippen LogP contribution in [0.4, 0.5) is 4.79 Å². The average molecular weight is 369 g/mol. The Labute approximate surface area is 159 Å². The maximum absolute atomic E-state index is 12.6. The molecule has 7 heteroatoms. The van der Waals surface area contributed by atoms with Crippen molar-refractivity contribution >= 4 is 6.03 Å². The van der Waals surface area contributed by atoms with Crippen molar-refractivity contribution in [2.45, 2.75) is 44.7 Å². The van der Waals surface area contributed by atoms with E-state index in [1.54, 1.807) is 0 Å². The van der Waals surface area contributed by atoms with E-state index < -0.39 is 0 Å². The summed E-state index contributed by atoms with van der Waals surface area (Å²) in [6, 6.07) is 10.8. The zero-order valence-corrected chi connectivity index (χ0v) is 16.0. The Balaban J connectivity index is 1.25. The second-order valence-corrected chi connectivity index (χ2v) is 7.41. The molecule has 2 aliphatic rings. The smallest absolute Gasteiger partial charge is 0.317 e. The molecule has 1 aliphatic carbocycles. The Morgan fingerprint density at radius 3 is 2.67 bits per heavy atom. The molecule has 1 aliphatic heterocycles. The highest BCUT2D eigenvalue weighted by atomic mass is 16.5. The molecule has 1 N–H and O–H groups in total. The third kappa shape index (κ3) is 3.98. The normalized spacial score (nSPS) is 23.9. The van der Waals surface area contributed by atoms with Crippen LogP contribution in [0.5, 0.6) is 0 Å². The van der Waals surface area contributed by atoms with Gasteiger partial charge in [-0.1, -0.05) is 42.4 Å². The van der Waals surface area contributed by atoms with Gasteiger partial charge in [-0.25, -0.2) is 4.79 Å². The van der Waals surface area contributed by atoms with E-state index in [0.717, 1.165) is 31.8 Å². The van der Waals surface area contributed by atoms with Crippen LogP contribution >= 0.6 is 0 Å². The monoisotopic (exact) mass is 369 g/mol. The first-order valence-electron chi connectivity index (χ1n) is 9.82. The summed E-state index contributed by atoms with van der Waals surface area (Å²) < 4.78 is 5.36. The molecule has 0 radical (unpaired) electrons. The van der Waals surface area contributed by atoms with E-state index in [-0.39, 0.29) is 18.1 Å². The van der Waals surface area contributed by atoms with Crippen LogP contribution in [0.2, 0.25) is 0 Å². The van der Waals surface area contributed by atoms with Gasteiger partial charge in [-0.05, 0) is 18.9 Å². The number of piperazine rings is 1. The number of nitrogens with zero attached hydrogens (tertiary/aromatic N) is 4. The first-order chi connectivity index (χ1) is 13.2. The minimum atomic E-state index is 0.0526. The summed E-state index contributed by atoms with van der Waals surface area (Å²) in [5.41, 5.74) is 1.31. The number of rotatable bonds is 5. The Morgan fingerprint density at radius 2 is 2.00 bits per heavy atom. The lowest BCUT2D eigenvalue weighted by molar-refractivity contribution is 0.0999. The molecular weight excluding hydrogens is 342 g/mol. The highest BCUT2D eigenvalue weighted by Gasteiger charge is 2.40. The predicted octanol–water partition coefficient (Wildman–Crippen LogP) is 2.58. The van der Waals surface area contributed by atoms with Gasteiger partial charge >= 0.3 is 6.03 Å². The fraction of sp³-hybridized carbons (Fsp3) is 0.550. The number of hydrogen-bond acceptors (Lipinski definition) is 5. The van der Waals surface area contributed by atoms with Crippen LogP contribution < -0.4 is 5.32 Å². The van der Waals surface area contributed by atoms with Crippen LogP contribution in [0.1, 0.15) is 49.5 Å². The maximum atomic E-state index is 12.6. The number of nitrogens with one attached hydrogen (secondary N) is 1. The molecule has 144 valence electrons. The first kappa shape index (κ1) is 18.0. The molecule has 2 fully saturated rings. The Morgan fingerprint density at radius 1 is 1.26 bits per heavy atom. The summed E-state index contributed by atoms with van der Waals surface area (Å²) >= 11 is 0. The van der Waals surface area contributed by atoms with Gasteiger partial charge in [0.25, 0.3) is 0 Å². The van der Waals surface area contributed by atoms with E-state index in [1.807, 2.05) is 17.9 Å². The Bertz CT molecular complexity index is 770. The quantitative estimate of drug-likeness (QED) is 0.877. The number of hydrogen-bond donors (Lipinski definition) is 1. The zero-order chi connectivity index (χ0) is 18.8. The molecule has 2 amide bonds. The molecule has 7 nitrogen and oxygen atoms in total. The van der Waals surface area contributed by atoms with E-state index in [1.165, 1.54) is 5.56 Å². The molecule has 1 saturated heterocycles. The van der Waals surface area contributed by atoms with Crippen LogP contribution in [-0.4, -0.2) is 58.2 Å². The van der Waals surface area contributed by atoms with E-state index in [9.17, 15) is 4.79 Å². The summed E-state index contributed by atoms with van der Waals surface area (Å²) in [5.74, 6) is 1.86. The summed E-state index contributed by atoms with van der Waals surface area (Å²) in [6.07, 6.45) is 1.80. The van der Waals surface area contributed by atoms with Gasteiger partial charge in [0, 0.05) is 44.6 Å². The second-order valence-electron chi connectivity index (χ2n) is 7.41. The van der Waals surface area contributed by atoms with Crippen molar-refractivity contribution in [3.8, 4) is 0 Å². The summed E-state index contributed by atoms with van der Waals surface area (Å²) in [5, 5.41) is 7.16. The summed E-state index contributed by atoms with van der Waals surface area (Å²) in [4.78, 5) is 21.2. The van der Waals surface area contributed by atoms with Gasteiger partial charge in [0.15, 0.2) is 5.82 Å². The number of urea groups is 1. The molecule has 0 bridgehead atoms. The maximum Gasteiger partial charge on any atom is 0.317 e. The molecular formula is C20H27N5O2. The molecule has 27 heavy (non-hydrogen) atoms. The van der Waals surface area contributed by atoms with E-state index >= 15 is 0 Å². The number of amides is 2. The van der Waals surface area contributed by atoms with Crippen molar-refractivity contribution in [1.29, 1.82) is 0 Å². The standard InChI is InChI=1S/C20H27N5O2/c1-3-18-22-19(27-23-18)14(2)24-9-11-25(12-10-24)20(26)21-17-13-16(17)15-7-5-4-6-8-15/h4-8,14,16-17H,3,9-13H2,1-2H3,(H,21,26)/t14?,16-,17+/m0/s1. The highest BCUT2D eigenvalue weighted by Crippen LogP contribution is 2.40. The average Bonchev–Trinajstić information content (AvgIpc) is 3.31. The molecule has 0 spiro atoms. The molecule has 3 atom stereocenters. The van der Waals surface area contributed by atoms with Gasteiger partial charge < -0.3 is 14.7 Å². The largest absolute Gasteiger partial charge is 0.338 e. The predicted molar refractivity (Wildman–Crippen MR) is 101 cm³/mol. The van der Waals surface area contributed by atoms with Crippen molar-refractivity contribution in [3.63, 3.8) is 0 Å². The van der Waals surface area contributed by atoms with Crippen molar-refractivity contribution in [1.82, 2.24) is 25.3 Å². The van der Waals surface area contributed by atoms with E-state index in [2.05, 4.69) is 51.5 Å². The van der Waals surface area contributed by atoms with Crippen molar-refractivity contribution in [3.05, 3.63) is 47.6 Å². The lowest BCUT2D eigenvalue weighted by atomic mass is 10.1. The number of carbonyl (C=O) groups excluding carboxylic acids is 1. The van der Waals surface area contributed by atoms with Crippen LogP contribution in [0.3, 0.4) is 0 Å². The second kappa shape index (κ2) is 7.68.